The van der Waals surface area contributed by atoms with Crippen LogP contribution in [0, 0.1) is 5.92 Å². The third-order valence-corrected chi connectivity index (χ3v) is 3.43. The lowest BCUT2D eigenvalue weighted by Crippen LogP contribution is -2.42. The van der Waals surface area contributed by atoms with Gasteiger partial charge in [-0.05, 0) is 18.4 Å². The Balaban J connectivity index is 2.18. The molecule has 0 amide bonds. The monoisotopic (exact) mass is 260 g/mol. The van der Waals surface area contributed by atoms with Crippen LogP contribution in [-0.2, 0) is 0 Å². The van der Waals surface area contributed by atoms with Crippen LogP contribution in [0.1, 0.15) is 13.3 Å². The summed E-state index contributed by atoms with van der Waals surface area (Å²) < 4.78 is 0. The van der Waals surface area contributed by atoms with Crippen LogP contribution in [-0.4, -0.2) is 29.3 Å². The molecule has 0 saturated carbocycles. The molecular formula is C11H14Cl2N2O. The molecular weight excluding hydrogens is 247 g/mol. The maximum atomic E-state index is 9.65. The van der Waals surface area contributed by atoms with Gasteiger partial charge in [0.2, 0.25) is 0 Å². The molecule has 3 nitrogen and oxygen atoms in total. The van der Waals surface area contributed by atoms with Crippen molar-refractivity contribution in [2.75, 3.05) is 18.0 Å². The first kappa shape index (κ1) is 12.0. The van der Waals surface area contributed by atoms with Crippen molar-refractivity contribution in [3.8, 4) is 0 Å². The topological polar surface area (TPSA) is 36.4 Å². The number of hydrogen-bond donors (Lipinski definition) is 1. The molecule has 1 aliphatic rings. The van der Waals surface area contributed by atoms with Crippen LogP contribution in [0.2, 0.25) is 10.0 Å². The average Bonchev–Trinajstić information content (AvgIpc) is 2.22. The van der Waals surface area contributed by atoms with E-state index in [1.54, 1.807) is 12.3 Å². The summed E-state index contributed by atoms with van der Waals surface area (Å²) in [7, 11) is 0. The van der Waals surface area contributed by atoms with Gasteiger partial charge in [-0.3, -0.25) is 0 Å². The van der Waals surface area contributed by atoms with Crippen molar-refractivity contribution >= 4 is 29.0 Å². The van der Waals surface area contributed by atoms with E-state index in [0.717, 1.165) is 25.3 Å². The number of anilines is 1. The van der Waals surface area contributed by atoms with E-state index >= 15 is 0 Å². The molecule has 0 spiro atoms. The standard InChI is InChI=1S/C11H14Cl2N2O/c1-7-6-15(3-2-10(7)16)11-9(13)4-8(12)5-14-11/h4-5,7,10,16H,2-3,6H2,1H3. The molecule has 1 N–H and O–H groups in total. The van der Waals surface area contributed by atoms with Crippen LogP contribution in [0.4, 0.5) is 5.82 Å². The Morgan fingerprint density at radius 2 is 2.25 bits per heavy atom. The van der Waals surface area contributed by atoms with Gasteiger partial charge in [-0.1, -0.05) is 30.1 Å². The fraction of sp³-hybridized carbons (Fsp3) is 0.545. The lowest BCUT2D eigenvalue weighted by molar-refractivity contribution is 0.0969. The zero-order valence-corrected chi connectivity index (χ0v) is 10.5. The number of hydrogen-bond acceptors (Lipinski definition) is 3. The van der Waals surface area contributed by atoms with Gasteiger partial charge in [0.05, 0.1) is 16.1 Å². The molecule has 0 aromatic carbocycles. The van der Waals surface area contributed by atoms with Crippen molar-refractivity contribution in [1.82, 2.24) is 4.98 Å². The van der Waals surface area contributed by atoms with Gasteiger partial charge < -0.3 is 10.0 Å². The third kappa shape index (κ3) is 2.42. The van der Waals surface area contributed by atoms with Gasteiger partial charge in [-0.15, -0.1) is 0 Å². The van der Waals surface area contributed by atoms with Crippen molar-refractivity contribution in [2.24, 2.45) is 5.92 Å². The second kappa shape index (κ2) is 4.78. The SMILES string of the molecule is CC1CN(c2ncc(Cl)cc2Cl)CCC1O. The highest BCUT2D eigenvalue weighted by molar-refractivity contribution is 6.36. The Hall–Kier alpha value is -0.510. The number of aromatic nitrogens is 1. The van der Waals surface area contributed by atoms with Crippen molar-refractivity contribution < 1.29 is 5.11 Å². The van der Waals surface area contributed by atoms with Gasteiger partial charge in [0.25, 0.3) is 0 Å². The van der Waals surface area contributed by atoms with Gasteiger partial charge in [-0.25, -0.2) is 4.98 Å². The number of halogens is 2. The first-order valence-corrected chi connectivity index (χ1v) is 6.07. The van der Waals surface area contributed by atoms with E-state index in [2.05, 4.69) is 9.88 Å². The average molecular weight is 261 g/mol. The van der Waals surface area contributed by atoms with Crippen LogP contribution >= 0.6 is 23.2 Å². The van der Waals surface area contributed by atoms with Crippen LogP contribution < -0.4 is 4.90 Å². The smallest absolute Gasteiger partial charge is 0.147 e. The van der Waals surface area contributed by atoms with Gasteiger partial charge >= 0.3 is 0 Å². The molecule has 0 radical (unpaired) electrons. The zero-order valence-electron chi connectivity index (χ0n) is 9.03. The lowest BCUT2D eigenvalue weighted by atomic mass is 9.97. The summed E-state index contributed by atoms with van der Waals surface area (Å²) in [5, 5.41) is 10.8. The predicted octanol–water partition coefficient (Wildman–Crippen LogP) is 2.60. The molecule has 2 unspecified atom stereocenters. The minimum Gasteiger partial charge on any atom is -0.393 e. The molecule has 1 aromatic heterocycles. The fourth-order valence-corrected chi connectivity index (χ4v) is 2.47. The molecule has 2 rings (SSSR count). The summed E-state index contributed by atoms with van der Waals surface area (Å²) in [5.74, 6) is 0.993. The minimum absolute atomic E-state index is 0.220. The largest absolute Gasteiger partial charge is 0.393 e. The van der Waals surface area contributed by atoms with Crippen molar-refractivity contribution in [3.05, 3.63) is 22.3 Å². The van der Waals surface area contributed by atoms with Gasteiger partial charge in [0, 0.05) is 19.3 Å². The number of piperidine rings is 1. The minimum atomic E-state index is -0.220. The molecule has 2 heterocycles. The molecule has 16 heavy (non-hydrogen) atoms. The molecule has 0 bridgehead atoms. The number of pyridine rings is 1. The molecule has 1 fully saturated rings. The third-order valence-electron chi connectivity index (χ3n) is 2.95. The first-order valence-electron chi connectivity index (χ1n) is 5.32. The number of aliphatic hydroxyl groups is 1. The van der Waals surface area contributed by atoms with E-state index in [0.29, 0.717) is 10.0 Å². The summed E-state index contributed by atoms with van der Waals surface area (Å²) in [6, 6.07) is 1.70. The second-order valence-electron chi connectivity index (χ2n) is 4.24. The second-order valence-corrected chi connectivity index (χ2v) is 5.08. The van der Waals surface area contributed by atoms with Gasteiger partial charge in [-0.2, -0.15) is 0 Å². The van der Waals surface area contributed by atoms with Crippen LogP contribution in [0.25, 0.3) is 0 Å². The highest BCUT2D eigenvalue weighted by Gasteiger charge is 2.25. The Kier molecular flexibility index (Phi) is 3.57. The Labute approximate surface area is 105 Å². The van der Waals surface area contributed by atoms with Crippen molar-refractivity contribution in [3.63, 3.8) is 0 Å². The van der Waals surface area contributed by atoms with E-state index < -0.39 is 0 Å². The van der Waals surface area contributed by atoms with E-state index in [1.165, 1.54) is 0 Å². The lowest BCUT2D eigenvalue weighted by Gasteiger charge is -2.35. The normalized spacial score (nSPS) is 25.9. The first-order chi connectivity index (χ1) is 7.58. The summed E-state index contributed by atoms with van der Waals surface area (Å²) in [5.41, 5.74) is 0. The molecule has 5 heteroatoms. The van der Waals surface area contributed by atoms with E-state index in [9.17, 15) is 5.11 Å². The van der Waals surface area contributed by atoms with Crippen LogP contribution in [0.5, 0.6) is 0 Å². The van der Waals surface area contributed by atoms with E-state index in [4.69, 9.17) is 23.2 Å². The Morgan fingerprint density at radius 3 is 2.88 bits per heavy atom. The quantitative estimate of drug-likeness (QED) is 0.844. The summed E-state index contributed by atoms with van der Waals surface area (Å²) in [4.78, 5) is 6.33. The van der Waals surface area contributed by atoms with E-state index in [-0.39, 0.29) is 12.0 Å². The summed E-state index contributed by atoms with van der Waals surface area (Å²) in [6.45, 7) is 3.58. The molecule has 1 aromatic rings. The van der Waals surface area contributed by atoms with Gasteiger partial charge in [0.15, 0.2) is 0 Å². The maximum Gasteiger partial charge on any atom is 0.147 e. The number of aliphatic hydroxyl groups excluding tert-OH is 1. The van der Waals surface area contributed by atoms with E-state index in [1.807, 2.05) is 6.92 Å². The van der Waals surface area contributed by atoms with Crippen molar-refractivity contribution in [1.29, 1.82) is 0 Å². The van der Waals surface area contributed by atoms with Gasteiger partial charge in [0.1, 0.15) is 5.82 Å². The Bertz CT molecular complexity index is 386. The molecule has 0 aliphatic carbocycles. The van der Waals surface area contributed by atoms with Crippen molar-refractivity contribution in [2.45, 2.75) is 19.4 Å². The predicted molar refractivity (Wildman–Crippen MR) is 66.3 cm³/mol. The van der Waals surface area contributed by atoms with Crippen LogP contribution in [0.3, 0.4) is 0 Å². The number of nitrogens with zero attached hydrogens (tertiary/aromatic N) is 2. The Morgan fingerprint density at radius 1 is 1.50 bits per heavy atom. The molecule has 88 valence electrons. The summed E-state index contributed by atoms with van der Waals surface area (Å²) in [6.07, 6.45) is 2.13. The maximum absolute atomic E-state index is 9.65. The fourth-order valence-electron chi connectivity index (χ4n) is 1.97. The highest BCUT2D eigenvalue weighted by atomic mass is 35.5. The summed E-state index contributed by atoms with van der Waals surface area (Å²) >= 11 is 11.9. The zero-order chi connectivity index (χ0) is 11.7. The molecule has 1 saturated heterocycles. The highest BCUT2D eigenvalue weighted by Crippen LogP contribution is 2.29. The van der Waals surface area contributed by atoms with Crippen LogP contribution in [0.15, 0.2) is 12.3 Å². The molecule has 1 aliphatic heterocycles. The molecule has 2 atom stereocenters. The number of rotatable bonds is 1.